The summed E-state index contributed by atoms with van der Waals surface area (Å²) >= 11 is 1.58. The number of para-hydroxylation sites is 1. The van der Waals surface area contributed by atoms with Crippen LogP contribution in [0.15, 0.2) is 59.5 Å². The number of carbonyl (C=O) groups excluding carboxylic acids is 1. The number of nitrogens with zero attached hydrogens (tertiary/aromatic N) is 1. The Hall–Kier alpha value is -1.83. The fourth-order valence-corrected chi connectivity index (χ4v) is 5.76. The number of sulfonamides is 1. The van der Waals surface area contributed by atoms with Crippen molar-refractivity contribution in [1.29, 1.82) is 0 Å². The van der Waals surface area contributed by atoms with E-state index in [2.05, 4.69) is 5.32 Å². The number of thioether (sulfide) groups is 1. The molecule has 1 heterocycles. The van der Waals surface area contributed by atoms with Gasteiger partial charge in [0.15, 0.2) is 0 Å². The molecule has 5 nitrogen and oxygen atoms in total. The molecule has 1 atom stereocenters. The van der Waals surface area contributed by atoms with Gasteiger partial charge in [-0.2, -0.15) is 0 Å². The van der Waals surface area contributed by atoms with Gasteiger partial charge >= 0.3 is 0 Å². The molecular formula is C22H28N2O3S2. The molecule has 0 radical (unpaired) electrons. The Bertz CT molecular complexity index is 917. The van der Waals surface area contributed by atoms with E-state index in [4.69, 9.17) is 0 Å². The number of benzene rings is 2. The smallest absolute Gasteiger partial charge is 0.228 e. The van der Waals surface area contributed by atoms with Crippen LogP contribution in [0.2, 0.25) is 0 Å². The van der Waals surface area contributed by atoms with Gasteiger partial charge < -0.3 is 5.32 Å². The Morgan fingerprint density at radius 1 is 1.14 bits per heavy atom. The van der Waals surface area contributed by atoms with Crippen molar-refractivity contribution >= 4 is 33.4 Å². The standard InChI is InChI=1S/C22H28N2O3S2/c1-28-21-14-6-5-13-20(21)23-22(25)19-12-7-15-24(17-19)29(26,27)16-8-11-18-9-3-2-4-10-18/h2-6,9-10,13-14,19H,7-8,11-12,15-17H2,1H3,(H,23,25)/t19-/m1/s1. The van der Waals surface area contributed by atoms with Crippen LogP contribution in [0.1, 0.15) is 24.8 Å². The number of nitrogens with one attached hydrogen (secondary N) is 1. The summed E-state index contributed by atoms with van der Waals surface area (Å²) in [6.07, 6.45) is 4.71. The molecule has 0 aliphatic carbocycles. The number of hydrogen-bond acceptors (Lipinski definition) is 4. The van der Waals surface area contributed by atoms with Crippen molar-refractivity contribution in [3.8, 4) is 0 Å². The lowest BCUT2D eigenvalue weighted by atomic mass is 9.99. The molecular weight excluding hydrogens is 404 g/mol. The van der Waals surface area contributed by atoms with E-state index < -0.39 is 10.0 Å². The van der Waals surface area contributed by atoms with Crippen LogP contribution in [0.3, 0.4) is 0 Å². The largest absolute Gasteiger partial charge is 0.325 e. The van der Waals surface area contributed by atoms with E-state index in [1.807, 2.05) is 60.9 Å². The molecule has 2 aromatic rings. The lowest BCUT2D eigenvalue weighted by molar-refractivity contribution is -0.120. The molecule has 29 heavy (non-hydrogen) atoms. The summed E-state index contributed by atoms with van der Waals surface area (Å²) in [5.41, 5.74) is 1.93. The van der Waals surface area contributed by atoms with Gasteiger partial charge in [-0.15, -0.1) is 11.8 Å². The molecule has 1 N–H and O–H groups in total. The second kappa shape index (κ2) is 10.3. The van der Waals surface area contributed by atoms with E-state index >= 15 is 0 Å². The number of aryl methyl sites for hydroxylation is 1. The summed E-state index contributed by atoms with van der Waals surface area (Å²) in [6.45, 7) is 0.764. The molecule has 1 saturated heterocycles. The third-order valence-corrected chi connectivity index (χ3v) is 7.94. The molecule has 1 aliphatic rings. The van der Waals surface area contributed by atoms with Crippen molar-refractivity contribution in [3.05, 3.63) is 60.2 Å². The van der Waals surface area contributed by atoms with Gasteiger partial charge in [-0.1, -0.05) is 42.5 Å². The normalized spacial score (nSPS) is 17.8. The van der Waals surface area contributed by atoms with Crippen molar-refractivity contribution in [3.63, 3.8) is 0 Å². The SMILES string of the molecule is CSc1ccccc1NC(=O)[C@@H]1CCCN(S(=O)(=O)CCCc2ccccc2)C1. The van der Waals surface area contributed by atoms with Gasteiger partial charge in [0.2, 0.25) is 15.9 Å². The van der Waals surface area contributed by atoms with E-state index in [1.54, 1.807) is 11.8 Å². The Morgan fingerprint density at radius 3 is 2.62 bits per heavy atom. The summed E-state index contributed by atoms with van der Waals surface area (Å²) < 4.78 is 27.1. The van der Waals surface area contributed by atoms with Gasteiger partial charge in [0.05, 0.1) is 17.4 Å². The first-order valence-corrected chi connectivity index (χ1v) is 12.8. The fraction of sp³-hybridized carbons (Fsp3) is 0.409. The predicted octanol–water partition coefficient (Wildman–Crippen LogP) is 4.02. The maximum absolute atomic E-state index is 12.8. The van der Waals surface area contributed by atoms with Crippen LogP contribution in [-0.2, 0) is 21.2 Å². The van der Waals surface area contributed by atoms with E-state index in [-0.39, 0.29) is 24.1 Å². The zero-order valence-electron chi connectivity index (χ0n) is 16.7. The van der Waals surface area contributed by atoms with Gasteiger partial charge in [0, 0.05) is 18.0 Å². The summed E-state index contributed by atoms with van der Waals surface area (Å²) in [5.74, 6) is -0.302. The maximum Gasteiger partial charge on any atom is 0.228 e. The average molecular weight is 433 g/mol. The van der Waals surface area contributed by atoms with Crippen LogP contribution >= 0.6 is 11.8 Å². The lowest BCUT2D eigenvalue weighted by Gasteiger charge is -2.31. The van der Waals surface area contributed by atoms with Crippen molar-refractivity contribution in [2.24, 2.45) is 5.92 Å². The second-order valence-corrected chi connectivity index (χ2v) is 10.2. The maximum atomic E-state index is 12.8. The van der Waals surface area contributed by atoms with Gasteiger partial charge in [-0.25, -0.2) is 12.7 Å². The Labute approximate surface area is 177 Å². The summed E-state index contributed by atoms with van der Waals surface area (Å²) in [4.78, 5) is 13.8. The zero-order chi connectivity index (χ0) is 20.7. The first-order valence-electron chi connectivity index (χ1n) is 9.95. The number of anilines is 1. The van der Waals surface area contributed by atoms with E-state index in [1.165, 1.54) is 4.31 Å². The van der Waals surface area contributed by atoms with Crippen molar-refractivity contribution in [2.75, 3.05) is 30.4 Å². The van der Waals surface area contributed by atoms with Crippen LogP contribution in [0.5, 0.6) is 0 Å². The quantitative estimate of drug-likeness (QED) is 0.640. The fourth-order valence-electron chi connectivity index (χ4n) is 3.62. The van der Waals surface area contributed by atoms with Gasteiger partial charge in [-0.3, -0.25) is 4.79 Å². The predicted molar refractivity (Wildman–Crippen MR) is 120 cm³/mol. The number of hydrogen-bond donors (Lipinski definition) is 1. The number of carbonyl (C=O) groups is 1. The zero-order valence-corrected chi connectivity index (χ0v) is 18.3. The minimum atomic E-state index is -3.36. The van der Waals surface area contributed by atoms with Crippen LogP contribution < -0.4 is 5.32 Å². The van der Waals surface area contributed by atoms with Crippen LogP contribution in [0, 0.1) is 5.92 Å². The van der Waals surface area contributed by atoms with Crippen LogP contribution in [-0.4, -0.2) is 43.7 Å². The summed E-state index contributed by atoms with van der Waals surface area (Å²) in [7, 11) is -3.36. The van der Waals surface area contributed by atoms with E-state index in [0.29, 0.717) is 25.8 Å². The first kappa shape index (κ1) is 21.9. The summed E-state index contributed by atoms with van der Waals surface area (Å²) in [5, 5.41) is 2.99. The Morgan fingerprint density at radius 2 is 1.86 bits per heavy atom. The molecule has 0 bridgehead atoms. The molecule has 0 unspecified atom stereocenters. The van der Waals surface area contributed by atoms with Crippen molar-refractivity contribution in [2.45, 2.75) is 30.6 Å². The van der Waals surface area contributed by atoms with Crippen LogP contribution in [0.4, 0.5) is 5.69 Å². The minimum absolute atomic E-state index is 0.101. The Balaban J connectivity index is 1.56. The van der Waals surface area contributed by atoms with Crippen LogP contribution in [0.25, 0.3) is 0 Å². The highest BCUT2D eigenvalue weighted by molar-refractivity contribution is 7.98. The number of amides is 1. The molecule has 0 saturated carbocycles. The highest BCUT2D eigenvalue weighted by Gasteiger charge is 2.32. The molecule has 7 heteroatoms. The third-order valence-electron chi connectivity index (χ3n) is 5.22. The molecule has 3 rings (SSSR count). The van der Waals surface area contributed by atoms with Gasteiger partial charge in [-0.05, 0) is 49.6 Å². The number of piperidine rings is 1. The monoisotopic (exact) mass is 432 g/mol. The molecule has 0 aromatic heterocycles. The molecule has 1 amide bonds. The molecule has 156 valence electrons. The molecule has 1 aliphatic heterocycles. The van der Waals surface area contributed by atoms with Gasteiger partial charge in [0.25, 0.3) is 0 Å². The minimum Gasteiger partial charge on any atom is -0.325 e. The summed E-state index contributed by atoms with van der Waals surface area (Å²) in [6, 6.07) is 17.6. The highest BCUT2D eigenvalue weighted by Crippen LogP contribution is 2.27. The molecule has 2 aromatic carbocycles. The second-order valence-electron chi connectivity index (χ2n) is 7.29. The lowest BCUT2D eigenvalue weighted by Crippen LogP contribution is -2.44. The highest BCUT2D eigenvalue weighted by atomic mass is 32.2. The van der Waals surface area contributed by atoms with E-state index in [9.17, 15) is 13.2 Å². The molecule has 0 spiro atoms. The Kier molecular flexibility index (Phi) is 7.75. The van der Waals surface area contributed by atoms with Crippen molar-refractivity contribution in [1.82, 2.24) is 4.31 Å². The van der Waals surface area contributed by atoms with E-state index in [0.717, 1.165) is 22.6 Å². The average Bonchev–Trinajstić information content (AvgIpc) is 2.75. The molecule has 1 fully saturated rings. The first-order chi connectivity index (χ1) is 14.0. The number of rotatable bonds is 8. The third kappa shape index (κ3) is 6.07. The van der Waals surface area contributed by atoms with Gasteiger partial charge in [0.1, 0.15) is 0 Å². The van der Waals surface area contributed by atoms with Crippen molar-refractivity contribution < 1.29 is 13.2 Å². The topological polar surface area (TPSA) is 66.5 Å².